The van der Waals surface area contributed by atoms with E-state index in [1.54, 1.807) is 6.07 Å². The highest BCUT2D eigenvalue weighted by Crippen LogP contribution is 2.31. The highest BCUT2D eigenvalue weighted by atomic mass is 35.5. The van der Waals surface area contributed by atoms with Crippen molar-refractivity contribution in [3.05, 3.63) is 28.2 Å². The maximum Gasteiger partial charge on any atom is 0.243 e. The molecule has 0 radical (unpaired) electrons. The molecule has 1 saturated carbocycles. The van der Waals surface area contributed by atoms with Gasteiger partial charge in [-0.3, -0.25) is 0 Å². The highest BCUT2D eigenvalue weighted by Gasteiger charge is 2.32. The molecule has 0 spiro atoms. The molecule has 0 unspecified atom stereocenters. The standard InChI is InChI=1S/C12H16Cl2N2O2S/c13-9-4-2-5-10(14)12(9)19(17,18)16-11-6-1-3-8(11)7-15/h2,4-5,8,11,16H,1,3,6-7,15H2/t8-,11+/m1/s1. The first kappa shape index (κ1) is 15.1. The van der Waals surface area contributed by atoms with Crippen molar-refractivity contribution in [3.63, 3.8) is 0 Å². The molecule has 3 N–H and O–H groups in total. The van der Waals surface area contributed by atoms with Gasteiger partial charge in [0.1, 0.15) is 4.90 Å². The van der Waals surface area contributed by atoms with Crippen LogP contribution >= 0.6 is 23.2 Å². The fourth-order valence-corrected chi connectivity index (χ4v) is 4.95. The number of nitrogens with one attached hydrogen (secondary N) is 1. The number of hydrogen-bond donors (Lipinski definition) is 2. The van der Waals surface area contributed by atoms with Crippen molar-refractivity contribution in [1.82, 2.24) is 4.72 Å². The van der Waals surface area contributed by atoms with Gasteiger partial charge >= 0.3 is 0 Å². The van der Waals surface area contributed by atoms with Gasteiger partial charge in [-0.25, -0.2) is 13.1 Å². The number of rotatable bonds is 4. The number of nitrogens with two attached hydrogens (primary N) is 1. The summed E-state index contributed by atoms with van der Waals surface area (Å²) in [5, 5.41) is 0.254. The number of hydrogen-bond acceptors (Lipinski definition) is 3. The molecule has 0 saturated heterocycles. The third-order valence-electron chi connectivity index (χ3n) is 3.46. The summed E-state index contributed by atoms with van der Waals surface area (Å²) in [7, 11) is -3.72. The first-order valence-electron chi connectivity index (χ1n) is 6.12. The van der Waals surface area contributed by atoms with Crippen LogP contribution in [0.3, 0.4) is 0 Å². The summed E-state index contributed by atoms with van der Waals surface area (Å²) in [6, 6.07) is 4.50. The number of sulfonamides is 1. The van der Waals surface area contributed by atoms with E-state index in [1.165, 1.54) is 12.1 Å². The summed E-state index contributed by atoms with van der Waals surface area (Å²) in [6.07, 6.45) is 2.72. The molecule has 19 heavy (non-hydrogen) atoms. The summed E-state index contributed by atoms with van der Waals surface area (Å²) in [5.74, 6) is 0.177. The zero-order chi connectivity index (χ0) is 14.0. The average molecular weight is 323 g/mol. The van der Waals surface area contributed by atoms with Crippen LogP contribution < -0.4 is 10.5 Å². The van der Waals surface area contributed by atoms with Crippen molar-refractivity contribution in [1.29, 1.82) is 0 Å². The van der Waals surface area contributed by atoms with E-state index in [4.69, 9.17) is 28.9 Å². The predicted molar refractivity (Wildman–Crippen MR) is 77.0 cm³/mol. The zero-order valence-corrected chi connectivity index (χ0v) is 12.6. The Balaban J connectivity index is 2.28. The van der Waals surface area contributed by atoms with Gasteiger partial charge in [-0.1, -0.05) is 35.7 Å². The van der Waals surface area contributed by atoms with Gasteiger partial charge in [-0.15, -0.1) is 0 Å². The second-order valence-corrected chi connectivity index (χ2v) is 7.17. The normalized spacial score (nSPS) is 23.7. The minimum absolute atomic E-state index is 0.0546. The smallest absolute Gasteiger partial charge is 0.243 e. The van der Waals surface area contributed by atoms with Crippen molar-refractivity contribution in [3.8, 4) is 0 Å². The molecule has 7 heteroatoms. The van der Waals surface area contributed by atoms with Crippen LogP contribution in [0.1, 0.15) is 19.3 Å². The molecule has 0 bridgehead atoms. The van der Waals surface area contributed by atoms with Gasteiger partial charge in [0.15, 0.2) is 0 Å². The molecule has 1 aromatic carbocycles. The Morgan fingerprint density at radius 1 is 1.26 bits per heavy atom. The second-order valence-electron chi connectivity index (χ2n) is 4.71. The third kappa shape index (κ3) is 3.23. The SMILES string of the molecule is NC[C@H]1CCC[C@@H]1NS(=O)(=O)c1c(Cl)cccc1Cl. The highest BCUT2D eigenvalue weighted by molar-refractivity contribution is 7.89. The van der Waals surface area contributed by atoms with Gasteiger partial charge < -0.3 is 5.73 Å². The van der Waals surface area contributed by atoms with Gasteiger partial charge in [0.05, 0.1) is 10.0 Å². The van der Waals surface area contributed by atoms with Crippen LogP contribution in [0.5, 0.6) is 0 Å². The lowest BCUT2D eigenvalue weighted by atomic mass is 10.1. The maximum atomic E-state index is 12.4. The van der Waals surface area contributed by atoms with Gasteiger partial charge in [-0.2, -0.15) is 0 Å². The lowest BCUT2D eigenvalue weighted by molar-refractivity contribution is 0.453. The van der Waals surface area contributed by atoms with Gasteiger partial charge in [0, 0.05) is 6.04 Å². The first-order valence-corrected chi connectivity index (χ1v) is 8.36. The average Bonchev–Trinajstić information content (AvgIpc) is 2.74. The van der Waals surface area contributed by atoms with E-state index in [0.717, 1.165) is 19.3 Å². The van der Waals surface area contributed by atoms with Crippen LogP contribution in [-0.2, 0) is 10.0 Å². The number of benzene rings is 1. The molecule has 1 aliphatic carbocycles. The molecule has 2 rings (SSSR count). The molecular formula is C12H16Cl2N2O2S. The fraction of sp³-hybridized carbons (Fsp3) is 0.500. The molecule has 4 nitrogen and oxygen atoms in total. The van der Waals surface area contributed by atoms with Gasteiger partial charge in [0.25, 0.3) is 0 Å². The molecule has 0 aliphatic heterocycles. The molecule has 1 aliphatic rings. The van der Waals surface area contributed by atoms with Crippen LogP contribution in [0.15, 0.2) is 23.1 Å². The van der Waals surface area contributed by atoms with Crippen molar-refractivity contribution >= 4 is 33.2 Å². The molecular weight excluding hydrogens is 307 g/mol. The summed E-state index contributed by atoms with van der Waals surface area (Å²) in [4.78, 5) is -0.0546. The molecule has 0 heterocycles. The summed E-state index contributed by atoms with van der Waals surface area (Å²) in [6.45, 7) is 0.476. The molecule has 106 valence electrons. The molecule has 0 aromatic heterocycles. The van der Waals surface area contributed by atoms with Crippen molar-refractivity contribution < 1.29 is 8.42 Å². The number of halogens is 2. The summed E-state index contributed by atoms with van der Waals surface area (Å²) >= 11 is 11.9. The topological polar surface area (TPSA) is 72.2 Å². The van der Waals surface area contributed by atoms with E-state index in [2.05, 4.69) is 4.72 Å². The Kier molecular flexibility index (Phi) is 4.74. The van der Waals surface area contributed by atoms with Crippen molar-refractivity contribution in [2.45, 2.75) is 30.2 Å². The molecule has 1 fully saturated rings. The third-order valence-corrected chi connectivity index (χ3v) is 5.90. The Morgan fingerprint density at radius 2 is 1.89 bits per heavy atom. The molecule has 0 amide bonds. The van der Waals surface area contributed by atoms with Crippen LogP contribution in [-0.4, -0.2) is 21.0 Å². The quantitative estimate of drug-likeness (QED) is 0.894. The minimum atomic E-state index is -3.72. The van der Waals surface area contributed by atoms with Crippen LogP contribution in [0.2, 0.25) is 10.0 Å². The van der Waals surface area contributed by atoms with E-state index < -0.39 is 10.0 Å². The zero-order valence-electron chi connectivity index (χ0n) is 10.3. The van der Waals surface area contributed by atoms with E-state index in [0.29, 0.717) is 6.54 Å². The monoisotopic (exact) mass is 322 g/mol. The lowest BCUT2D eigenvalue weighted by Crippen LogP contribution is -2.40. The van der Waals surface area contributed by atoms with Crippen molar-refractivity contribution in [2.24, 2.45) is 11.7 Å². The van der Waals surface area contributed by atoms with Crippen LogP contribution in [0.4, 0.5) is 0 Å². The Hall–Kier alpha value is -0.330. The Bertz CT molecular complexity index is 543. The molecule has 1 aromatic rings. The Morgan fingerprint density at radius 3 is 2.47 bits per heavy atom. The van der Waals surface area contributed by atoms with Crippen LogP contribution in [0.25, 0.3) is 0 Å². The maximum absolute atomic E-state index is 12.4. The van der Waals surface area contributed by atoms with E-state index in [-0.39, 0.29) is 26.9 Å². The van der Waals surface area contributed by atoms with Crippen molar-refractivity contribution in [2.75, 3.05) is 6.54 Å². The van der Waals surface area contributed by atoms with E-state index >= 15 is 0 Å². The molecule has 2 atom stereocenters. The first-order chi connectivity index (χ1) is 8.95. The minimum Gasteiger partial charge on any atom is -0.330 e. The summed E-state index contributed by atoms with van der Waals surface area (Å²) < 4.78 is 27.4. The van der Waals surface area contributed by atoms with Gasteiger partial charge in [-0.05, 0) is 37.4 Å². The lowest BCUT2D eigenvalue weighted by Gasteiger charge is -2.20. The fourth-order valence-electron chi connectivity index (χ4n) is 2.47. The second kappa shape index (κ2) is 5.97. The van der Waals surface area contributed by atoms with E-state index in [9.17, 15) is 8.42 Å². The predicted octanol–water partition coefficient (Wildman–Crippen LogP) is 2.40. The van der Waals surface area contributed by atoms with Gasteiger partial charge in [0.2, 0.25) is 10.0 Å². The van der Waals surface area contributed by atoms with E-state index in [1.807, 2.05) is 0 Å². The van der Waals surface area contributed by atoms with Crippen LogP contribution in [0, 0.1) is 5.92 Å². The summed E-state index contributed by atoms with van der Waals surface area (Å²) in [5.41, 5.74) is 5.65. The largest absolute Gasteiger partial charge is 0.330 e. The Labute approximate surface area is 123 Å².